The Hall–Kier alpha value is -1.01. The van der Waals surface area contributed by atoms with E-state index in [1.807, 2.05) is 6.92 Å². The molecular weight excluding hydrogens is 272 g/mol. The Balaban J connectivity index is 1.81. The zero-order valence-electron chi connectivity index (χ0n) is 12.6. The van der Waals surface area contributed by atoms with Crippen LogP contribution in [0.1, 0.15) is 36.7 Å². The maximum atomic E-state index is 12.4. The topological polar surface area (TPSA) is 58.1 Å². The smallest absolute Gasteiger partial charge is 0.227 e. The predicted octanol–water partition coefficient (Wildman–Crippen LogP) is 1.63. The largest absolute Gasteiger partial charge is 0.355 e. The first kappa shape index (κ1) is 15.4. The summed E-state index contributed by atoms with van der Waals surface area (Å²) in [7, 11) is 0. The Morgan fingerprint density at radius 3 is 2.95 bits per heavy atom. The maximum Gasteiger partial charge on any atom is 0.227 e. The van der Waals surface area contributed by atoms with Gasteiger partial charge in [-0.05, 0) is 39.8 Å². The minimum absolute atomic E-state index is 0.178. The van der Waals surface area contributed by atoms with Gasteiger partial charge in [0.15, 0.2) is 0 Å². The molecular formula is C14H24N4OS. The number of nitrogens with zero attached hydrogens (tertiary/aromatic N) is 3. The Kier molecular flexibility index (Phi) is 5.10. The zero-order chi connectivity index (χ0) is 14.6. The molecule has 1 aliphatic heterocycles. The summed E-state index contributed by atoms with van der Waals surface area (Å²) < 4.78 is 0. The van der Waals surface area contributed by atoms with Crippen LogP contribution in [0.3, 0.4) is 0 Å². The van der Waals surface area contributed by atoms with Crippen molar-refractivity contribution in [1.29, 1.82) is 0 Å². The number of hydrogen-bond acceptors (Lipinski definition) is 5. The Morgan fingerprint density at radius 1 is 1.50 bits per heavy atom. The van der Waals surface area contributed by atoms with Crippen LogP contribution < -0.4 is 5.32 Å². The molecule has 1 N–H and O–H groups in total. The SMILES string of the molecule is CCN1CCCC(C)(C(=O)NCCc2nnc(C)s2)C1. The highest BCUT2D eigenvalue weighted by Crippen LogP contribution is 2.29. The van der Waals surface area contributed by atoms with Gasteiger partial charge in [-0.3, -0.25) is 4.79 Å². The molecule has 20 heavy (non-hydrogen) atoms. The van der Waals surface area contributed by atoms with E-state index in [-0.39, 0.29) is 11.3 Å². The Labute approximate surface area is 124 Å². The first-order valence-corrected chi connectivity index (χ1v) is 8.15. The molecule has 0 spiro atoms. The fourth-order valence-electron chi connectivity index (χ4n) is 2.73. The highest BCUT2D eigenvalue weighted by molar-refractivity contribution is 7.11. The highest BCUT2D eigenvalue weighted by atomic mass is 32.1. The molecule has 1 aliphatic rings. The van der Waals surface area contributed by atoms with Gasteiger partial charge in [-0.2, -0.15) is 0 Å². The third-order valence-corrected chi connectivity index (χ3v) is 4.86. The molecule has 1 amide bonds. The molecule has 2 rings (SSSR count). The minimum atomic E-state index is -0.245. The summed E-state index contributed by atoms with van der Waals surface area (Å²) in [5.74, 6) is 0.178. The first-order valence-electron chi connectivity index (χ1n) is 7.33. The summed E-state index contributed by atoms with van der Waals surface area (Å²) in [6.07, 6.45) is 2.85. The van der Waals surface area contributed by atoms with Crippen molar-refractivity contribution in [2.24, 2.45) is 5.41 Å². The van der Waals surface area contributed by atoms with Crippen LogP contribution in [-0.2, 0) is 11.2 Å². The second-order valence-electron chi connectivity index (χ2n) is 5.75. The molecule has 1 aromatic rings. The third-order valence-electron chi connectivity index (χ3n) is 3.96. The molecule has 0 bridgehead atoms. The number of carbonyl (C=O) groups excluding carboxylic acids is 1. The monoisotopic (exact) mass is 296 g/mol. The van der Waals surface area contributed by atoms with Gasteiger partial charge >= 0.3 is 0 Å². The van der Waals surface area contributed by atoms with Crippen molar-refractivity contribution in [2.45, 2.75) is 40.0 Å². The maximum absolute atomic E-state index is 12.4. The van der Waals surface area contributed by atoms with E-state index in [1.165, 1.54) is 0 Å². The van der Waals surface area contributed by atoms with E-state index in [4.69, 9.17) is 0 Å². The van der Waals surface area contributed by atoms with E-state index >= 15 is 0 Å². The van der Waals surface area contributed by atoms with Crippen LogP contribution in [0.2, 0.25) is 0 Å². The van der Waals surface area contributed by atoms with Gasteiger partial charge in [-0.15, -0.1) is 21.5 Å². The molecule has 0 aliphatic carbocycles. The van der Waals surface area contributed by atoms with E-state index in [0.717, 1.165) is 48.9 Å². The lowest BCUT2D eigenvalue weighted by Crippen LogP contribution is -2.50. The average Bonchev–Trinajstić information content (AvgIpc) is 2.84. The van der Waals surface area contributed by atoms with Gasteiger partial charge < -0.3 is 10.2 Å². The second kappa shape index (κ2) is 6.63. The summed E-state index contributed by atoms with van der Waals surface area (Å²) in [4.78, 5) is 14.8. The van der Waals surface area contributed by atoms with E-state index in [9.17, 15) is 4.79 Å². The molecule has 5 nitrogen and oxygen atoms in total. The lowest BCUT2D eigenvalue weighted by molar-refractivity contribution is -0.133. The van der Waals surface area contributed by atoms with E-state index in [0.29, 0.717) is 6.54 Å². The fraction of sp³-hybridized carbons (Fsp3) is 0.786. The normalized spacial score (nSPS) is 23.8. The molecule has 2 heterocycles. The van der Waals surface area contributed by atoms with Crippen LogP contribution >= 0.6 is 11.3 Å². The number of aromatic nitrogens is 2. The van der Waals surface area contributed by atoms with Gasteiger partial charge in [0.2, 0.25) is 5.91 Å². The molecule has 1 saturated heterocycles. The van der Waals surface area contributed by atoms with Crippen molar-refractivity contribution in [3.05, 3.63) is 10.0 Å². The van der Waals surface area contributed by atoms with Crippen LogP contribution in [0.5, 0.6) is 0 Å². The number of carbonyl (C=O) groups is 1. The Bertz CT molecular complexity index is 462. The number of amides is 1. The van der Waals surface area contributed by atoms with Crippen LogP contribution in [0.4, 0.5) is 0 Å². The molecule has 1 unspecified atom stereocenters. The van der Waals surface area contributed by atoms with Crippen molar-refractivity contribution in [1.82, 2.24) is 20.4 Å². The van der Waals surface area contributed by atoms with Crippen molar-refractivity contribution in [3.8, 4) is 0 Å². The molecule has 1 atom stereocenters. The number of aryl methyl sites for hydroxylation is 1. The summed E-state index contributed by atoms with van der Waals surface area (Å²) in [5, 5.41) is 13.1. The highest BCUT2D eigenvalue weighted by Gasteiger charge is 2.36. The number of piperidine rings is 1. The molecule has 0 aromatic carbocycles. The van der Waals surface area contributed by atoms with Crippen LogP contribution in [0.15, 0.2) is 0 Å². The summed E-state index contributed by atoms with van der Waals surface area (Å²) in [6, 6.07) is 0. The van der Waals surface area contributed by atoms with Gasteiger partial charge in [-0.25, -0.2) is 0 Å². The van der Waals surface area contributed by atoms with Crippen LogP contribution in [-0.4, -0.2) is 47.2 Å². The standard InChI is InChI=1S/C14H24N4OS/c1-4-18-9-5-7-14(3,10-18)13(19)15-8-6-12-17-16-11(2)20-12/h4-10H2,1-3H3,(H,15,19). The number of rotatable bonds is 5. The lowest BCUT2D eigenvalue weighted by Gasteiger charge is -2.38. The van der Waals surface area contributed by atoms with Gasteiger partial charge in [0.05, 0.1) is 5.41 Å². The van der Waals surface area contributed by atoms with Crippen molar-refractivity contribution in [3.63, 3.8) is 0 Å². The minimum Gasteiger partial charge on any atom is -0.355 e. The molecule has 6 heteroatoms. The lowest BCUT2D eigenvalue weighted by atomic mass is 9.81. The molecule has 0 radical (unpaired) electrons. The predicted molar refractivity (Wildman–Crippen MR) is 80.8 cm³/mol. The summed E-state index contributed by atoms with van der Waals surface area (Å²) in [5.41, 5.74) is -0.245. The van der Waals surface area contributed by atoms with Gasteiger partial charge in [0.1, 0.15) is 10.0 Å². The van der Waals surface area contributed by atoms with Gasteiger partial charge in [-0.1, -0.05) is 6.92 Å². The molecule has 0 saturated carbocycles. The third kappa shape index (κ3) is 3.76. The number of hydrogen-bond donors (Lipinski definition) is 1. The van der Waals surface area contributed by atoms with E-state index < -0.39 is 0 Å². The summed E-state index contributed by atoms with van der Waals surface area (Å²) in [6.45, 7) is 9.83. The summed E-state index contributed by atoms with van der Waals surface area (Å²) >= 11 is 1.60. The number of likely N-dealkylation sites (tertiary alicyclic amines) is 1. The molecule has 112 valence electrons. The second-order valence-corrected chi connectivity index (χ2v) is 7.02. The fourth-order valence-corrected chi connectivity index (χ4v) is 3.44. The first-order chi connectivity index (χ1) is 9.53. The van der Waals surface area contributed by atoms with E-state index in [1.54, 1.807) is 11.3 Å². The average molecular weight is 296 g/mol. The quantitative estimate of drug-likeness (QED) is 0.897. The zero-order valence-corrected chi connectivity index (χ0v) is 13.4. The van der Waals surface area contributed by atoms with Crippen molar-refractivity contribution >= 4 is 17.2 Å². The van der Waals surface area contributed by atoms with Crippen molar-refractivity contribution in [2.75, 3.05) is 26.2 Å². The van der Waals surface area contributed by atoms with Gasteiger partial charge in [0.25, 0.3) is 0 Å². The molecule has 1 fully saturated rings. The van der Waals surface area contributed by atoms with Crippen LogP contribution in [0.25, 0.3) is 0 Å². The van der Waals surface area contributed by atoms with Crippen molar-refractivity contribution < 1.29 is 4.79 Å². The number of nitrogens with one attached hydrogen (secondary N) is 1. The Morgan fingerprint density at radius 2 is 2.30 bits per heavy atom. The molecule has 1 aromatic heterocycles. The van der Waals surface area contributed by atoms with E-state index in [2.05, 4.69) is 34.3 Å². The van der Waals surface area contributed by atoms with Crippen LogP contribution in [0, 0.1) is 12.3 Å². The van der Waals surface area contributed by atoms with Gasteiger partial charge in [0, 0.05) is 19.5 Å².